The quantitative estimate of drug-likeness (QED) is 0.141. The third kappa shape index (κ3) is 5.62. The Labute approximate surface area is 288 Å². The number of ether oxygens (including phenoxy) is 2. The number of anilines is 2. The average molecular weight is 722 g/mol. The number of hydrogen-bond acceptors (Lipinski definition) is 10. The second kappa shape index (κ2) is 12.6. The van der Waals surface area contributed by atoms with Gasteiger partial charge in [0.15, 0.2) is 10.9 Å². The van der Waals surface area contributed by atoms with Crippen LogP contribution in [0.25, 0.3) is 32.2 Å². The van der Waals surface area contributed by atoms with Crippen LogP contribution in [-0.2, 0) is 10.9 Å². The summed E-state index contributed by atoms with van der Waals surface area (Å²) in [6.45, 7) is 2.38. The molecule has 0 radical (unpaired) electrons. The first-order valence-corrected chi connectivity index (χ1v) is 17.8. The highest BCUT2D eigenvalue weighted by atomic mass is 32.1. The van der Waals surface area contributed by atoms with E-state index in [0.717, 1.165) is 68.2 Å². The van der Waals surface area contributed by atoms with E-state index >= 15 is 4.39 Å². The van der Waals surface area contributed by atoms with Crippen LogP contribution in [0.5, 0.6) is 6.01 Å². The van der Waals surface area contributed by atoms with E-state index in [0.29, 0.717) is 26.1 Å². The maximum Gasteiger partial charge on any atom is 0.417 e. The topological polar surface area (TPSA) is 102 Å². The van der Waals surface area contributed by atoms with Crippen molar-refractivity contribution >= 4 is 43.4 Å². The summed E-state index contributed by atoms with van der Waals surface area (Å²) in [6, 6.07) is 2.64. The van der Waals surface area contributed by atoms with E-state index in [1.165, 1.54) is 0 Å². The van der Waals surface area contributed by atoms with Crippen LogP contribution < -0.4 is 20.7 Å². The van der Waals surface area contributed by atoms with E-state index < -0.39 is 40.6 Å². The Morgan fingerprint density at radius 1 is 1.14 bits per heavy atom. The summed E-state index contributed by atoms with van der Waals surface area (Å²) >= 11 is 0.766. The minimum atomic E-state index is -5.01. The van der Waals surface area contributed by atoms with Crippen molar-refractivity contribution in [1.29, 1.82) is 0 Å². The highest BCUT2D eigenvalue weighted by molar-refractivity contribution is 7.22. The van der Waals surface area contributed by atoms with Gasteiger partial charge in [-0.2, -0.15) is 23.1 Å². The molecular formula is C34H37F6N7O2S. The van der Waals surface area contributed by atoms with Crippen LogP contribution in [0.15, 0.2) is 18.2 Å². The number of halogens is 6. The van der Waals surface area contributed by atoms with Crippen molar-refractivity contribution in [2.75, 3.05) is 50.6 Å². The summed E-state index contributed by atoms with van der Waals surface area (Å²) in [7, 11) is 1.64. The molecule has 9 nitrogen and oxygen atoms in total. The Kier molecular flexibility index (Phi) is 8.51. The lowest BCUT2D eigenvalue weighted by atomic mass is 9.95. The zero-order valence-electron chi connectivity index (χ0n) is 27.3. The second-order valence-corrected chi connectivity index (χ2v) is 14.9. The highest BCUT2D eigenvalue weighted by Crippen LogP contribution is 2.49. The average Bonchev–Trinajstić information content (AvgIpc) is 3.88. The third-order valence-corrected chi connectivity index (χ3v) is 11.8. The van der Waals surface area contributed by atoms with E-state index in [1.807, 2.05) is 4.90 Å². The lowest BCUT2D eigenvalue weighted by Gasteiger charge is -2.31. The van der Waals surface area contributed by atoms with E-state index in [4.69, 9.17) is 20.2 Å². The molecule has 4 aliphatic heterocycles. The first kappa shape index (κ1) is 33.7. The van der Waals surface area contributed by atoms with Crippen LogP contribution in [-0.4, -0.2) is 89.6 Å². The van der Waals surface area contributed by atoms with Crippen molar-refractivity contribution < 1.29 is 35.8 Å². The van der Waals surface area contributed by atoms with Gasteiger partial charge in [0.05, 0.1) is 21.3 Å². The molecule has 4 aliphatic rings. The monoisotopic (exact) mass is 721 g/mol. The molecule has 3 N–H and O–H groups in total. The standard InChI is InChI=1S/C34H37F6N7O2S/c1-48-11-3-9-42-23-12-18-4-7-24(23)47(18)30-20-13-21(34(38,39)40)25(19-5-6-22(36)29-28(19)43-31(41)50-29)26(37)27(20)44-32(45-30)49-16-33-8-2-10-46(33)15-17(35)14-33/h5-6,13,17-18,23-24,42H,2-4,7-12,14-16H2,1H3,(H2,41,43)/t17-,18-,23?,24+,33+/m1/s1. The Balaban J connectivity index is 1.28. The molecule has 1 unspecified atom stereocenters. The van der Waals surface area contributed by atoms with Gasteiger partial charge in [-0.25, -0.2) is 18.2 Å². The number of nitrogens with zero attached hydrogens (tertiary/aromatic N) is 5. The van der Waals surface area contributed by atoms with E-state index in [9.17, 15) is 22.0 Å². The predicted molar refractivity (Wildman–Crippen MR) is 178 cm³/mol. The van der Waals surface area contributed by atoms with Crippen molar-refractivity contribution in [2.24, 2.45) is 0 Å². The number of rotatable bonds is 10. The molecule has 8 rings (SSSR count). The van der Waals surface area contributed by atoms with E-state index in [2.05, 4.69) is 20.2 Å². The van der Waals surface area contributed by atoms with Crippen molar-refractivity contribution in [3.8, 4) is 17.1 Å². The number of nitrogens with two attached hydrogens (primary N) is 1. The molecule has 0 saturated carbocycles. The third-order valence-electron chi connectivity index (χ3n) is 10.9. The zero-order chi connectivity index (χ0) is 34.9. The van der Waals surface area contributed by atoms with Gasteiger partial charge in [0.2, 0.25) is 0 Å². The number of alkyl halides is 4. The second-order valence-electron chi connectivity index (χ2n) is 13.9. The summed E-state index contributed by atoms with van der Waals surface area (Å²) in [5.74, 6) is -1.83. The predicted octanol–water partition coefficient (Wildman–Crippen LogP) is 6.48. The number of hydrogen-bond donors (Lipinski definition) is 2. The van der Waals surface area contributed by atoms with E-state index in [1.54, 1.807) is 7.11 Å². The van der Waals surface area contributed by atoms with Gasteiger partial charge in [0, 0.05) is 61.3 Å². The molecule has 268 valence electrons. The molecular weight excluding hydrogens is 684 g/mol. The van der Waals surface area contributed by atoms with Crippen molar-refractivity contribution in [2.45, 2.75) is 81.0 Å². The first-order chi connectivity index (χ1) is 24.0. The smallest absolute Gasteiger partial charge is 0.417 e. The van der Waals surface area contributed by atoms with Crippen LogP contribution >= 0.6 is 11.3 Å². The number of nitrogens with one attached hydrogen (secondary N) is 1. The summed E-state index contributed by atoms with van der Waals surface area (Å²) in [4.78, 5) is 17.3. The number of aromatic nitrogens is 3. The van der Waals surface area contributed by atoms with Crippen LogP contribution in [0.4, 0.5) is 37.3 Å². The molecule has 4 aromatic rings. The summed E-state index contributed by atoms with van der Waals surface area (Å²) in [6.07, 6.45) is -1.04. The highest BCUT2D eigenvalue weighted by Gasteiger charge is 2.50. The minimum Gasteiger partial charge on any atom is -0.461 e. The normalized spacial score (nSPS) is 26.6. The molecule has 6 heterocycles. The Morgan fingerprint density at radius 3 is 2.78 bits per heavy atom. The maximum absolute atomic E-state index is 17.1. The molecule has 0 amide bonds. The summed E-state index contributed by atoms with van der Waals surface area (Å²) in [5.41, 5.74) is 2.40. The minimum absolute atomic E-state index is 0.0414. The lowest BCUT2D eigenvalue weighted by molar-refractivity contribution is -0.137. The number of benzene rings is 2. The fraction of sp³-hybridized carbons (Fsp3) is 0.559. The fourth-order valence-electron chi connectivity index (χ4n) is 8.82. The maximum atomic E-state index is 17.1. The molecule has 0 spiro atoms. The van der Waals surface area contributed by atoms with Crippen molar-refractivity contribution in [1.82, 2.24) is 25.2 Å². The van der Waals surface area contributed by atoms with Crippen molar-refractivity contribution in [3.05, 3.63) is 35.4 Å². The molecule has 2 bridgehead atoms. The molecule has 4 fully saturated rings. The van der Waals surface area contributed by atoms with Crippen LogP contribution in [0.1, 0.15) is 50.5 Å². The van der Waals surface area contributed by atoms with Crippen molar-refractivity contribution in [3.63, 3.8) is 0 Å². The number of thiazole rings is 1. The van der Waals surface area contributed by atoms with E-state index in [-0.39, 0.29) is 74.8 Å². The zero-order valence-corrected chi connectivity index (χ0v) is 28.1. The van der Waals surface area contributed by atoms with Gasteiger partial charge in [-0.15, -0.1) is 0 Å². The van der Waals surface area contributed by atoms with Gasteiger partial charge in [0.1, 0.15) is 29.9 Å². The molecule has 2 aromatic heterocycles. The molecule has 50 heavy (non-hydrogen) atoms. The molecule has 16 heteroatoms. The largest absolute Gasteiger partial charge is 0.461 e. The van der Waals surface area contributed by atoms with Gasteiger partial charge in [-0.05, 0) is 69.8 Å². The van der Waals surface area contributed by atoms with Gasteiger partial charge in [0.25, 0.3) is 0 Å². The molecule has 4 saturated heterocycles. The van der Waals surface area contributed by atoms with Gasteiger partial charge < -0.3 is 25.4 Å². The van der Waals surface area contributed by atoms with Gasteiger partial charge in [-0.3, -0.25) is 4.90 Å². The fourth-order valence-corrected chi connectivity index (χ4v) is 9.59. The number of methoxy groups -OCH3 is 1. The number of fused-ring (bicyclic) bond motifs is 5. The summed E-state index contributed by atoms with van der Waals surface area (Å²) in [5, 5.41) is 3.39. The van der Waals surface area contributed by atoms with Crippen LogP contribution in [0.2, 0.25) is 0 Å². The molecule has 2 aromatic carbocycles. The first-order valence-electron chi connectivity index (χ1n) is 17.0. The lowest BCUT2D eigenvalue weighted by Crippen LogP contribution is -2.43. The van der Waals surface area contributed by atoms with Crippen LogP contribution in [0.3, 0.4) is 0 Å². The van der Waals surface area contributed by atoms with Gasteiger partial charge >= 0.3 is 12.2 Å². The Hall–Kier alpha value is -3.47. The molecule has 0 aliphatic carbocycles. The molecule has 5 atom stereocenters. The SMILES string of the molecule is COCCCNC1C[C@H]2CC[C@@H]1N2c1nc(OC[C@@]23CCCN2C[C@H](F)C3)nc2c(F)c(-c3ccc(F)c4sc(N)nc34)c(C(F)(F)F)cc12. The van der Waals surface area contributed by atoms with Gasteiger partial charge in [-0.1, -0.05) is 11.3 Å². The summed E-state index contributed by atoms with van der Waals surface area (Å²) < 4.78 is 103. The van der Waals surface area contributed by atoms with Crippen LogP contribution in [0, 0.1) is 11.6 Å². The Morgan fingerprint density at radius 2 is 1.98 bits per heavy atom. The number of nitrogen functional groups attached to an aromatic ring is 1. The Bertz CT molecular complexity index is 1940.